The van der Waals surface area contributed by atoms with E-state index in [4.69, 9.17) is 9.15 Å². The van der Waals surface area contributed by atoms with Gasteiger partial charge in [-0.3, -0.25) is 0 Å². The van der Waals surface area contributed by atoms with E-state index in [1.807, 2.05) is 6.07 Å². The lowest BCUT2D eigenvalue weighted by atomic mass is 10.2. The molecule has 0 amide bonds. The fraction of sp³-hybridized carbons (Fsp3) is 0.333. The van der Waals surface area contributed by atoms with Crippen molar-refractivity contribution in [2.75, 3.05) is 0 Å². The van der Waals surface area contributed by atoms with Crippen molar-refractivity contribution in [2.45, 2.75) is 33.0 Å². The van der Waals surface area contributed by atoms with Crippen LogP contribution in [0.4, 0.5) is 4.39 Å². The molecule has 0 fully saturated rings. The molecule has 0 aliphatic carbocycles. The van der Waals surface area contributed by atoms with Crippen LogP contribution in [-0.4, -0.2) is 6.04 Å². The van der Waals surface area contributed by atoms with Gasteiger partial charge >= 0.3 is 0 Å². The molecule has 0 spiro atoms. The molecule has 1 aromatic heterocycles. The van der Waals surface area contributed by atoms with Crippen LogP contribution in [0.3, 0.4) is 0 Å². The Morgan fingerprint density at radius 2 is 2.15 bits per heavy atom. The van der Waals surface area contributed by atoms with E-state index in [9.17, 15) is 4.39 Å². The second-order valence-corrected chi connectivity index (χ2v) is 5.62. The zero-order valence-corrected chi connectivity index (χ0v) is 13.0. The number of rotatable bonds is 6. The van der Waals surface area contributed by atoms with Crippen molar-refractivity contribution < 1.29 is 13.5 Å². The van der Waals surface area contributed by atoms with Gasteiger partial charge in [0, 0.05) is 17.7 Å². The maximum absolute atomic E-state index is 13.4. The van der Waals surface area contributed by atoms with Gasteiger partial charge in [-0.15, -0.1) is 0 Å². The molecule has 2 aromatic rings. The minimum absolute atomic E-state index is 0.337. The molecule has 0 saturated carbocycles. The third-order valence-electron chi connectivity index (χ3n) is 2.79. The zero-order valence-electron chi connectivity index (χ0n) is 11.5. The van der Waals surface area contributed by atoms with Crippen LogP contribution in [0.25, 0.3) is 0 Å². The Kier molecular flexibility index (Phi) is 5.20. The SMILES string of the molecule is CC(C)NCc1occc1COc1ccc(Br)c(F)c1. The molecule has 2 rings (SSSR count). The molecule has 1 N–H and O–H groups in total. The Morgan fingerprint density at radius 1 is 1.35 bits per heavy atom. The highest BCUT2D eigenvalue weighted by molar-refractivity contribution is 9.10. The molecule has 0 saturated heterocycles. The molecule has 0 radical (unpaired) electrons. The summed E-state index contributed by atoms with van der Waals surface area (Å²) in [4.78, 5) is 0. The summed E-state index contributed by atoms with van der Waals surface area (Å²) in [6.45, 7) is 5.15. The summed E-state index contributed by atoms with van der Waals surface area (Å²) < 4.78 is 24.8. The van der Waals surface area contributed by atoms with Crippen LogP contribution in [0.15, 0.2) is 39.4 Å². The number of benzene rings is 1. The molecule has 0 bridgehead atoms. The van der Waals surface area contributed by atoms with E-state index in [-0.39, 0.29) is 5.82 Å². The number of hydrogen-bond donors (Lipinski definition) is 1. The van der Waals surface area contributed by atoms with Gasteiger partial charge in [0.05, 0.1) is 17.3 Å². The van der Waals surface area contributed by atoms with Gasteiger partial charge in [-0.05, 0) is 34.1 Å². The van der Waals surface area contributed by atoms with Crippen molar-refractivity contribution in [2.24, 2.45) is 0 Å². The molecule has 0 atom stereocenters. The molecule has 0 aliphatic heterocycles. The Bertz CT molecular complexity index is 569. The summed E-state index contributed by atoms with van der Waals surface area (Å²) in [7, 11) is 0. The lowest BCUT2D eigenvalue weighted by Gasteiger charge is -2.09. The number of hydrogen-bond acceptors (Lipinski definition) is 3. The first kappa shape index (κ1) is 15.1. The fourth-order valence-corrected chi connectivity index (χ4v) is 1.92. The highest BCUT2D eigenvalue weighted by Gasteiger charge is 2.08. The monoisotopic (exact) mass is 341 g/mol. The van der Waals surface area contributed by atoms with Crippen LogP contribution < -0.4 is 10.1 Å². The van der Waals surface area contributed by atoms with Crippen LogP contribution in [0, 0.1) is 5.82 Å². The second-order valence-electron chi connectivity index (χ2n) is 4.77. The molecule has 1 heterocycles. The Labute approximate surface area is 126 Å². The zero-order chi connectivity index (χ0) is 14.5. The van der Waals surface area contributed by atoms with Gasteiger partial charge in [0.2, 0.25) is 0 Å². The first-order valence-electron chi connectivity index (χ1n) is 6.42. The predicted octanol–water partition coefficient (Wildman–Crippen LogP) is 4.26. The van der Waals surface area contributed by atoms with E-state index < -0.39 is 0 Å². The molecule has 1 aromatic carbocycles. The van der Waals surface area contributed by atoms with Gasteiger partial charge in [-0.25, -0.2) is 4.39 Å². The predicted molar refractivity (Wildman–Crippen MR) is 79.1 cm³/mol. The van der Waals surface area contributed by atoms with E-state index in [1.165, 1.54) is 6.07 Å². The second kappa shape index (κ2) is 6.90. The van der Waals surface area contributed by atoms with Crippen molar-refractivity contribution in [1.29, 1.82) is 0 Å². The number of nitrogens with one attached hydrogen (secondary N) is 1. The fourth-order valence-electron chi connectivity index (χ4n) is 1.68. The quantitative estimate of drug-likeness (QED) is 0.852. The van der Waals surface area contributed by atoms with Crippen LogP contribution in [-0.2, 0) is 13.2 Å². The maximum atomic E-state index is 13.4. The molecule has 20 heavy (non-hydrogen) atoms. The average Bonchev–Trinajstić information content (AvgIpc) is 2.85. The smallest absolute Gasteiger partial charge is 0.141 e. The van der Waals surface area contributed by atoms with E-state index in [2.05, 4.69) is 35.1 Å². The average molecular weight is 342 g/mol. The van der Waals surface area contributed by atoms with E-state index >= 15 is 0 Å². The highest BCUT2D eigenvalue weighted by atomic mass is 79.9. The van der Waals surface area contributed by atoms with Gasteiger partial charge in [0.1, 0.15) is 23.9 Å². The third kappa shape index (κ3) is 4.08. The molecule has 0 unspecified atom stereocenters. The summed E-state index contributed by atoms with van der Waals surface area (Å²) >= 11 is 3.11. The van der Waals surface area contributed by atoms with Gasteiger partial charge in [-0.2, -0.15) is 0 Å². The van der Waals surface area contributed by atoms with Crippen molar-refractivity contribution in [3.8, 4) is 5.75 Å². The minimum atomic E-state index is -0.337. The highest BCUT2D eigenvalue weighted by Crippen LogP contribution is 2.22. The summed E-state index contributed by atoms with van der Waals surface area (Å²) in [6, 6.07) is 6.96. The molecular formula is C15H17BrFNO2. The number of furan rings is 1. The maximum Gasteiger partial charge on any atom is 0.141 e. The van der Waals surface area contributed by atoms with Crippen LogP contribution in [0.5, 0.6) is 5.75 Å². The van der Waals surface area contributed by atoms with Crippen molar-refractivity contribution in [3.63, 3.8) is 0 Å². The topological polar surface area (TPSA) is 34.4 Å². The molecule has 5 heteroatoms. The Balaban J connectivity index is 1.96. The van der Waals surface area contributed by atoms with Gasteiger partial charge in [0.15, 0.2) is 0 Å². The van der Waals surface area contributed by atoms with Crippen molar-refractivity contribution >= 4 is 15.9 Å². The molecule has 3 nitrogen and oxygen atoms in total. The van der Waals surface area contributed by atoms with Gasteiger partial charge < -0.3 is 14.5 Å². The van der Waals surface area contributed by atoms with E-state index in [1.54, 1.807) is 18.4 Å². The lowest BCUT2D eigenvalue weighted by molar-refractivity contribution is 0.299. The normalized spacial score (nSPS) is 11.1. The first-order valence-corrected chi connectivity index (χ1v) is 7.22. The summed E-state index contributed by atoms with van der Waals surface area (Å²) in [6.07, 6.45) is 1.64. The molecule has 108 valence electrons. The minimum Gasteiger partial charge on any atom is -0.489 e. The number of ether oxygens (including phenoxy) is 1. The standard InChI is InChI=1S/C15H17BrFNO2/c1-10(2)18-8-15-11(5-6-19-15)9-20-12-3-4-13(16)14(17)7-12/h3-7,10,18H,8-9H2,1-2H3. The lowest BCUT2D eigenvalue weighted by Crippen LogP contribution is -2.22. The summed E-state index contributed by atoms with van der Waals surface area (Å²) in [5.74, 6) is 1.00. The Morgan fingerprint density at radius 3 is 2.85 bits per heavy atom. The first-order chi connectivity index (χ1) is 9.56. The van der Waals surface area contributed by atoms with Crippen LogP contribution in [0.1, 0.15) is 25.2 Å². The van der Waals surface area contributed by atoms with E-state index in [0.717, 1.165) is 11.3 Å². The Hall–Kier alpha value is -1.33. The summed E-state index contributed by atoms with van der Waals surface area (Å²) in [5.41, 5.74) is 0.960. The van der Waals surface area contributed by atoms with Crippen LogP contribution >= 0.6 is 15.9 Å². The van der Waals surface area contributed by atoms with Gasteiger partial charge in [-0.1, -0.05) is 13.8 Å². The largest absolute Gasteiger partial charge is 0.489 e. The summed E-state index contributed by atoms with van der Waals surface area (Å²) in [5, 5.41) is 3.29. The van der Waals surface area contributed by atoms with Crippen LogP contribution in [0.2, 0.25) is 0 Å². The van der Waals surface area contributed by atoms with Crippen molar-refractivity contribution in [1.82, 2.24) is 5.32 Å². The molecular weight excluding hydrogens is 325 g/mol. The molecule has 0 aliphatic rings. The third-order valence-corrected chi connectivity index (χ3v) is 3.44. The van der Waals surface area contributed by atoms with Gasteiger partial charge in [0.25, 0.3) is 0 Å². The number of halogens is 2. The van der Waals surface area contributed by atoms with Crippen molar-refractivity contribution in [3.05, 3.63) is 52.1 Å². The van der Waals surface area contributed by atoms with E-state index in [0.29, 0.717) is 29.4 Å².